The van der Waals surface area contributed by atoms with E-state index in [-0.39, 0.29) is 0 Å². The third-order valence-corrected chi connectivity index (χ3v) is 4.00. The van der Waals surface area contributed by atoms with E-state index in [9.17, 15) is 0 Å². The van der Waals surface area contributed by atoms with Crippen LogP contribution in [0.5, 0.6) is 0 Å². The van der Waals surface area contributed by atoms with E-state index in [0.717, 1.165) is 31.7 Å². The van der Waals surface area contributed by atoms with Gasteiger partial charge in [-0.1, -0.05) is 26.7 Å². The first-order valence-electron chi connectivity index (χ1n) is 7.11. The summed E-state index contributed by atoms with van der Waals surface area (Å²) in [6.07, 6.45) is 5.57. The van der Waals surface area contributed by atoms with Gasteiger partial charge in [0.1, 0.15) is 0 Å². The van der Waals surface area contributed by atoms with Crippen LogP contribution in [0.15, 0.2) is 0 Å². The molecule has 0 amide bonds. The minimum absolute atomic E-state index is 0.462. The highest BCUT2D eigenvalue weighted by Crippen LogP contribution is 2.27. The topological polar surface area (TPSA) is 24.5 Å². The van der Waals surface area contributed by atoms with Crippen molar-refractivity contribution in [3.63, 3.8) is 0 Å². The van der Waals surface area contributed by atoms with Gasteiger partial charge in [0, 0.05) is 25.7 Å². The Morgan fingerprint density at radius 1 is 1.35 bits per heavy atom. The van der Waals surface area contributed by atoms with Crippen LogP contribution in [0.2, 0.25) is 0 Å². The van der Waals surface area contributed by atoms with Crippen LogP contribution in [0.1, 0.15) is 39.5 Å². The van der Waals surface area contributed by atoms with Crippen molar-refractivity contribution in [3.05, 3.63) is 0 Å². The Kier molecular flexibility index (Phi) is 7.09. The molecule has 0 bridgehead atoms. The van der Waals surface area contributed by atoms with Crippen LogP contribution in [-0.2, 0) is 4.74 Å². The van der Waals surface area contributed by atoms with Crippen molar-refractivity contribution < 1.29 is 4.74 Å². The number of nitrogens with one attached hydrogen (secondary N) is 1. The van der Waals surface area contributed by atoms with Gasteiger partial charge in [-0.3, -0.25) is 0 Å². The van der Waals surface area contributed by atoms with Crippen molar-refractivity contribution in [2.75, 3.05) is 33.9 Å². The molecule has 0 radical (unpaired) electrons. The number of hydrogen-bond acceptors (Lipinski definition) is 3. The molecule has 1 N–H and O–H groups in total. The number of ether oxygens (including phenoxy) is 1. The Labute approximate surface area is 107 Å². The molecule has 0 saturated heterocycles. The highest BCUT2D eigenvalue weighted by molar-refractivity contribution is 4.82. The first-order chi connectivity index (χ1) is 8.19. The molecule has 1 fully saturated rings. The Hall–Kier alpha value is -0.120. The zero-order valence-electron chi connectivity index (χ0n) is 12.0. The summed E-state index contributed by atoms with van der Waals surface area (Å²) >= 11 is 0. The highest BCUT2D eigenvalue weighted by atomic mass is 16.5. The third kappa shape index (κ3) is 4.94. The van der Waals surface area contributed by atoms with Crippen LogP contribution in [0, 0.1) is 5.92 Å². The lowest BCUT2D eigenvalue weighted by Gasteiger charge is -2.38. The van der Waals surface area contributed by atoms with E-state index in [1.165, 1.54) is 25.7 Å². The average Bonchev–Trinajstić information content (AvgIpc) is 2.30. The first kappa shape index (κ1) is 14.9. The largest absolute Gasteiger partial charge is 0.383 e. The standard InChI is InChI=1S/C14H30N2O/c1-5-15-13(11-17-4)10-16(3)14-9-7-6-8-12(14)2/h12-15H,5-11H2,1-4H3. The highest BCUT2D eigenvalue weighted by Gasteiger charge is 2.26. The zero-order valence-corrected chi connectivity index (χ0v) is 12.0. The fourth-order valence-corrected chi connectivity index (χ4v) is 3.10. The molecule has 1 aliphatic carbocycles. The molecular formula is C14H30N2O. The number of nitrogens with zero attached hydrogens (tertiary/aromatic N) is 1. The van der Waals surface area contributed by atoms with Gasteiger partial charge in [-0.15, -0.1) is 0 Å². The molecule has 3 heteroatoms. The lowest BCUT2D eigenvalue weighted by atomic mass is 9.85. The number of likely N-dealkylation sites (N-methyl/N-ethyl adjacent to an activating group) is 2. The van der Waals surface area contributed by atoms with Crippen molar-refractivity contribution in [3.8, 4) is 0 Å². The monoisotopic (exact) mass is 242 g/mol. The average molecular weight is 242 g/mol. The van der Waals surface area contributed by atoms with E-state index in [1.807, 2.05) is 0 Å². The minimum Gasteiger partial charge on any atom is -0.383 e. The molecule has 1 aliphatic rings. The van der Waals surface area contributed by atoms with Gasteiger partial charge in [-0.25, -0.2) is 0 Å². The Balaban J connectivity index is 2.41. The van der Waals surface area contributed by atoms with Gasteiger partial charge in [-0.05, 0) is 32.4 Å². The van der Waals surface area contributed by atoms with Crippen molar-refractivity contribution in [1.82, 2.24) is 10.2 Å². The van der Waals surface area contributed by atoms with Crippen LogP contribution in [0.4, 0.5) is 0 Å². The van der Waals surface area contributed by atoms with E-state index >= 15 is 0 Å². The molecule has 1 saturated carbocycles. The summed E-state index contributed by atoms with van der Waals surface area (Å²) in [6.45, 7) is 7.48. The maximum absolute atomic E-state index is 5.28. The third-order valence-electron chi connectivity index (χ3n) is 4.00. The van der Waals surface area contributed by atoms with Crippen LogP contribution in [0.3, 0.4) is 0 Å². The van der Waals surface area contributed by atoms with Gasteiger partial charge in [0.2, 0.25) is 0 Å². The van der Waals surface area contributed by atoms with Gasteiger partial charge < -0.3 is 15.0 Å². The summed E-state index contributed by atoms with van der Waals surface area (Å²) in [4.78, 5) is 2.54. The second-order valence-electron chi connectivity index (χ2n) is 5.48. The molecule has 0 heterocycles. The maximum Gasteiger partial charge on any atom is 0.0628 e. The summed E-state index contributed by atoms with van der Waals surface area (Å²) in [5.74, 6) is 0.846. The molecule has 3 unspecified atom stereocenters. The lowest BCUT2D eigenvalue weighted by molar-refractivity contribution is 0.0989. The van der Waals surface area contributed by atoms with Gasteiger partial charge in [0.15, 0.2) is 0 Å². The summed E-state index contributed by atoms with van der Waals surface area (Å²) in [5.41, 5.74) is 0. The van der Waals surface area contributed by atoms with Crippen LogP contribution >= 0.6 is 0 Å². The van der Waals surface area contributed by atoms with E-state index < -0.39 is 0 Å². The fraction of sp³-hybridized carbons (Fsp3) is 1.00. The molecule has 0 aromatic rings. The molecule has 0 aromatic carbocycles. The lowest BCUT2D eigenvalue weighted by Crippen LogP contribution is -2.48. The Morgan fingerprint density at radius 2 is 2.06 bits per heavy atom. The second-order valence-corrected chi connectivity index (χ2v) is 5.48. The normalized spacial score (nSPS) is 27.4. The van der Waals surface area contributed by atoms with Crippen molar-refractivity contribution in [2.24, 2.45) is 5.92 Å². The first-order valence-corrected chi connectivity index (χ1v) is 7.11. The van der Waals surface area contributed by atoms with Gasteiger partial charge >= 0.3 is 0 Å². The predicted molar refractivity (Wildman–Crippen MR) is 73.4 cm³/mol. The summed E-state index contributed by atoms with van der Waals surface area (Å²) < 4.78 is 5.28. The molecule has 17 heavy (non-hydrogen) atoms. The number of rotatable bonds is 7. The van der Waals surface area contributed by atoms with Crippen LogP contribution < -0.4 is 5.32 Å². The molecule has 1 rings (SSSR count). The second kappa shape index (κ2) is 8.06. The molecule has 3 atom stereocenters. The number of methoxy groups -OCH3 is 1. The van der Waals surface area contributed by atoms with Crippen molar-refractivity contribution >= 4 is 0 Å². The van der Waals surface area contributed by atoms with Gasteiger partial charge in [-0.2, -0.15) is 0 Å². The van der Waals surface area contributed by atoms with Crippen molar-refractivity contribution in [1.29, 1.82) is 0 Å². The predicted octanol–water partition coefficient (Wildman–Crippen LogP) is 2.12. The molecule has 0 aromatic heterocycles. The molecular weight excluding hydrogens is 212 g/mol. The summed E-state index contributed by atoms with van der Waals surface area (Å²) in [5, 5.41) is 3.50. The van der Waals surface area contributed by atoms with E-state index in [1.54, 1.807) is 7.11 Å². The minimum atomic E-state index is 0.462. The Morgan fingerprint density at radius 3 is 2.65 bits per heavy atom. The molecule has 3 nitrogen and oxygen atoms in total. The molecule has 0 aliphatic heterocycles. The smallest absolute Gasteiger partial charge is 0.0628 e. The summed E-state index contributed by atoms with van der Waals surface area (Å²) in [7, 11) is 4.06. The summed E-state index contributed by atoms with van der Waals surface area (Å²) in [6, 6.07) is 1.23. The quantitative estimate of drug-likeness (QED) is 0.740. The molecule has 0 spiro atoms. The van der Waals surface area contributed by atoms with E-state index in [2.05, 4.69) is 31.1 Å². The van der Waals surface area contributed by atoms with Gasteiger partial charge in [0.25, 0.3) is 0 Å². The van der Waals surface area contributed by atoms with Gasteiger partial charge in [0.05, 0.1) is 6.61 Å². The fourth-order valence-electron chi connectivity index (χ4n) is 3.10. The Bertz CT molecular complexity index is 193. The van der Waals surface area contributed by atoms with Crippen LogP contribution in [-0.4, -0.2) is 50.8 Å². The van der Waals surface area contributed by atoms with Crippen molar-refractivity contribution in [2.45, 2.75) is 51.6 Å². The SMILES string of the molecule is CCNC(COC)CN(C)C1CCCCC1C. The molecule has 102 valence electrons. The van der Waals surface area contributed by atoms with E-state index in [0.29, 0.717) is 6.04 Å². The van der Waals surface area contributed by atoms with E-state index in [4.69, 9.17) is 4.74 Å². The number of hydrogen-bond donors (Lipinski definition) is 1. The zero-order chi connectivity index (χ0) is 12.7. The van der Waals surface area contributed by atoms with Crippen LogP contribution in [0.25, 0.3) is 0 Å². The maximum atomic E-state index is 5.28.